The molecule has 2 aromatic heterocycles. The van der Waals surface area contributed by atoms with Crippen LogP contribution in [0.15, 0.2) is 18.3 Å². The highest BCUT2D eigenvalue weighted by Crippen LogP contribution is 2.38. The first-order chi connectivity index (χ1) is 14.6. The molecule has 0 radical (unpaired) electrons. The van der Waals surface area contributed by atoms with Crippen molar-refractivity contribution < 1.29 is 14.3 Å². The maximum atomic E-state index is 13.4. The zero-order chi connectivity index (χ0) is 21.1. The van der Waals surface area contributed by atoms with E-state index in [1.54, 1.807) is 7.11 Å². The Morgan fingerprint density at radius 2 is 2.23 bits per heavy atom. The van der Waals surface area contributed by atoms with Gasteiger partial charge in [-0.15, -0.1) is 0 Å². The van der Waals surface area contributed by atoms with Gasteiger partial charge in [0.05, 0.1) is 12.6 Å². The van der Waals surface area contributed by atoms with E-state index in [1.807, 2.05) is 6.92 Å². The molecule has 0 bridgehead atoms. The first-order valence-corrected chi connectivity index (χ1v) is 11.2. The molecule has 2 aliphatic rings. The predicted molar refractivity (Wildman–Crippen MR) is 116 cm³/mol. The minimum absolute atomic E-state index is 0.0113. The van der Waals surface area contributed by atoms with Gasteiger partial charge in [-0.3, -0.25) is 4.79 Å². The zero-order valence-electron chi connectivity index (χ0n) is 18.4. The summed E-state index contributed by atoms with van der Waals surface area (Å²) in [6.07, 6.45) is 6.02. The van der Waals surface area contributed by atoms with Gasteiger partial charge in [0.1, 0.15) is 11.8 Å². The first kappa shape index (κ1) is 21.3. The SMILES string of the molecule is COCCCCn1cc([C@@H](C)N(C(=O)[C@H]2CNCCO2)C2CC2)c2ccc(C)nc21. The number of ether oxygens (including phenoxy) is 2. The molecule has 1 saturated carbocycles. The van der Waals surface area contributed by atoms with Crippen LogP contribution in [0, 0.1) is 6.92 Å². The molecule has 0 spiro atoms. The number of hydrogen-bond donors (Lipinski definition) is 1. The number of hydrogen-bond acceptors (Lipinski definition) is 5. The number of carbonyl (C=O) groups excluding carboxylic acids is 1. The summed E-state index contributed by atoms with van der Waals surface area (Å²) >= 11 is 0. The average Bonchev–Trinajstić information content (AvgIpc) is 3.53. The van der Waals surface area contributed by atoms with Crippen molar-refractivity contribution in [1.82, 2.24) is 19.8 Å². The number of aromatic nitrogens is 2. The lowest BCUT2D eigenvalue weighted by Crippen LogP contribution is -2.50. The number of methoxy groups -OCH3 is 1. The summed E-state index contributed by atoms with van der Waals surface area (Å²) in [5.74, 6) is 0.110. The van der Waals surface area contributed by atoms with Crippen molar-refractivity contribution >= 4 is 16.9 Å². The van der Waals surface area contributed by atoms with Gasteiger partial charge in [0.15, 0.2) is 0 Å². The van der Waals surface area contributed by atoms with Crippen molar-refractivity contribution in [3.05, 3.63) is 29.6 Å². The van der Waals surface area contributed by atoms with Gasteiger partial charge in [0, 0.05) is 62.2 Å². The predicted octanol–water partition coefficient (Wildman–Crippen LogP) is 2.81. The van der Waals surface area contributed by atoms with Crippen LogP contribution < -0.4 is 5.32 Å². The Labute approximate surface area is 178 Å². The number of carbonyl (C=O) groups is 1. The van der Waals surface area contributed by atoms with E-state index < -0.39 is 0 Å². The molecule has 7 heteroatoms. The number of unbranched alkanes of at least 4 members (excludes halogenated alkanes) is 1. The molecular formula is C23H34N4O3. The lowest BCUT2D eigenvalue weighted by molar-refractivity contribution is -0.148. The van der Waals surface area contributed by atoms with Crippen LogP contribution in [0.2, 0.25) is 0 Å². The summed E-state index contributed by atoms with van der Waals surface area (Å²) in [6.45, 7) is 7.84. The topological polar surface area (TPSA) is 68.6 Å². The third kappa shape index (κ3) is 4.53. The maximum absolute atomic E-state index is 13.4. The van der Waals surface area contributed by atoms with Gasteiger partial charge in [-0.05, 0) is 51.7 Å². The largest absolute Gasteiger partial charge is 0.385 e. The molecule has 4 rings (SSSR count). The molecule has 164 valence electrons. The van der Waals surface area contributed by atoms with Crippen LogP contribution in [0.3, 0.4) is 0 Å². The molecule has 30 heavy (non-hydrogen) atoms. The molecule has 1 aliphatic carbocycles. The Kier molecular flexibility index (Phi) is 6.71. The maximum Gasteiger partial charge on any atom is 0.253 e. The minimum atomic E-state index is -0.385. The lowest BCUT2D eigenvalue weighted by Gasteiger charge is -2.34. The fourth-order valence-corrected chi connectivity index (χ4v) is 4.40. The summed E-state index contributed by atoms with van der Waals surface area (Å²) in [5.41, 5.74) is 3.19. The van der Waals surface area contributed by atoms with E-state index in [-0.39, 0.29) is 18.1 Å². The summed E-state index contributed by atoms with van der Waals surface area (Å²) in [5, 5.41) is 4.43. The molecule has 1 saturated heterocycles. The van der Waals surface area contributed by atoms with Gasteiger partial charge in [-0.2, -0.15) is 0 Å². The molecule has 1 N–H and O–H groups in total. The highest BCUT2D eigenvalue weighted by molar-refractivity contribution is 5.85. The van der Waals surface area contributed by atoms with Gasteiger partial charge >= 0.3 is 0 Å². The quantitative estimate of drug-likeness (QED) is 0.639. The van der Waals surface area contributed by atoms with Crippen LogP contribution in [-0.2, 0) is 20.8 Å². The van der Waals surface area contributed by atoms with Crippen molar-refractivity contribution in [2.24, 2.45) is 0 Å². The fourth-order valence-electron chi connectivity index (χ4n) is 4.40. The number of fused-ring (bicyclic) bond motifs is 1. The van der Waals surface area contributed by atoms with E-state index in [9.17, 15) is 4.79 Å². The fraction of sp³-hybridized carbons (Fsp3) is 0.652. The molecule has 7 nitrogen and oxygen atoms in total. The third-order valence-corrected chi connectivity index (χ3v) is 6.15. The minimum Gasteiger partial charge on any atom is -0.385 e. The van der Waals surface area contributed by atoms with Gasteiger partial charge in [-0.25, -0.2) is 4.98 Å². The van der Waals surface area contributed by atoms with Crippen LogP contribution in [0.4, 0.5) is 0 Å². The van der Waals surface area contributed by atoms with Gasteiger partial charge in [0.2, 0.25) is 0 Å². The summed E-state index contributed by atoms with van der Waals surface area (Å²) in [4.78, 5) is 20.3. The third-order valence-electron chi connectivity index (χ3n) is 6.15. The van der Waals surface area contributed by atoms with E-state index in [1.165, 1.54) is 5.56 Å². The van der Waals surface area contributed by atoms with Crippen molar-refractivity contribution in [1.29, 1.82) is 0 Å². The van der Waals surface area contributed by atoms with Crippen molar-refractivity contribution in [2.45, 2.75) is 64.3 Å². The van der Waals surface area contributed by atoms with Gasteiger partial charge in [-0.1, -0.05) is 0 Å². The van der Waals surface area contributed by atoms with Crippen molar-refractivity contribution in [2.75, 3.05) is 33.4 Å². The number of amides is 1. The van der Waals surface area contributed by atoms with Gasteiger partial charge in [0.25, 0.3) is 5.91 Å². The summed E-state index contributed by atoms with van der Waals surface area (Å²) < 4.78 is 13.2. The molecule has 2 atom stereocenters. The lowest BCUT2D eigenvalue weighted by atomic mass is 10.1. The van der Waals surface area contributed by atoms with E-state index in [4.69, 9.17) is 14.5 Å². The molecule has 1 amide bonds. The second-order valence-corrected chi connectivity index (χ2v) is 8.52. The number of aryl methyl sites for hydroxylation is 2. The van der Waals surface area contributed by atoms with Crippen LogP contribution in [0.25, 0.3) is 11.0 Å². The molecule has 2 aromatic rings. The normalized spacial score (nSPS) is 20.4. The Morgan fingerprint density at radius 1 is 1.40 bits per heavy atom. The van der Waals surface area contributed by atoms with E-state index >= 15 is 0 Å². The summed E-state index contributed by atoms with van der Waals surface area (Å²) in [6, 6.07) is 4.52. The number of nitrogens with zero attached hydrogens (tertiary/aromatic N) is 3. The first-order valence-electron chi connectivity index (χ1n) is 11.2. The average molecular weight is 415 g/mol. The Bertz CT molecular complexity index is 871. The Morgan fingerprint density at radius 3 is 2.93 bits per heavy atom. The van der Waals surface area contributed by atoms with Crippen LogP contribution in [-0.4, -0.2) is 65.9 Å². The molecule has 0 aromatic carbocycles. The number of pyridine rings is 1. The zero-order valence-corrected chi connectivity index (χ0v) is 18.4. The molecule has 3 heterocycles. The van der Waals surface area contributed by atoms with Crippen LogP contribution in [0.1, 0.15) is 49.9 Å². The van der Waals surface area contributed by atoms with E-state index in [0.29, 0.717) is 19.2 Å². The number of nitrogens with one attached hydrogen (secondary N) is 1. The van der Waals surface area contributed by atoms with Crippen molar-refractivity contribution in [3.63, 3.8) is 0 Å². The van der Waals surface area contributed by atoms with E-state index in [2.05, 4.69) is 40.0 Å². The Hall–Kier alpha value is -1.96. The standard InChI is InChI=1S/C23H34N4O3/c1-16-6-9-19-20(15-26(22(19)25-16)11-4-5-12-29-3)17(2)27(18-7-8-18)23(28)21-14-24-10-13-30-21/h6,9,15,17-18,21,24H,4-5,7-8,10-14H2,1-3H3/t17-,21-/m1/s1. The molecule has 1 aliphatic heterocycles. The molecule has 2 fully saturated rings. The molecular weight excluding hydrogens is 380 g/mol. The highest BCUT2D eigenvalue weighted by atomic mass is 16.5. The van der Waals surface area contributed by atoms with E-state index in [0.717, 1.165) is 62.1 Å². The monoisotopic (exact) mass is 414 g/mol. The van der Waals surface area contributed by atoms with Gasteiger partial charge < -0.3 is 24.3 Å². The highest BCUT2D eigenvalue weighted by Gasteiger charge is 2.40. The van der Waals surface area contributed by atoms with Crippen LogP contribution >= 0.6 is 0 Å². The summed E-state index contributed by atoms with van der Waals surface area (Å²) in [7, 11) is 1.74. The molecule has 0 unspecified atom stereocenters. The van der Waals surface area contributed by atoms with Crippen molar-refractivity contribution in [3.8, 4) is 0 Å². The number of rotatable bonds is 9. The second-order valence-electron chi connectivity index (χ2n) is 8.52. The van der Waals surface area contributed by atoms with Crippen LogP contribution in [0.5, 0.6) is 0 Å². The second kappa shape index (κ2) is 9.45. The Balaban J connectivity index is 1.62. The number of morpholine rings is 1. The smallest absolute Gasteiger partial charge is 0.253 e.